The maximum atomic E-state index is 11.3. The lowest BCUT2D eigenvalue weighted by atomic mass is 10.1. The van der Waals surface area contributed by atoms with Crippen LogP contribution in [0.2, 0.25) is 0 Å². The fourth-order valence-corrected chi connectivity index (χ4v) is 2.83. The molecule has 0 saturated heterocycles. The zero-order chi connectivity index (χ0) is 12.7. The van der Waals surface area contributed by atoms with E-state index in [0.29, 0.717) is 6.54 Å². The summed E-state index contributed by atoms with van der Waals surface area (Å²) in [5, 5.41) is 11.0. The zero-order valence-electron chi connectivity index (χ0n) is 9.82. The zero-order valence-corrected chi connectivity index (χ0v) is 10.6. The van der Waals surface area contributed by atoms with Crippen LogP contribution in [0.4, 0.5) is 4.79 Å². The average molecular weight is 262 g/mol. The van der Waals surface area contributed by atoms with Gasteiger partial charge in [-0.1, -0.05) is 12.8 Å². The molecule has 7 heteroatoms. The van der Waals surface area contributed by atoms with E-state index in [2.05, 4.69) is 10.2 Å². The summed E-state index contributed by atoms with van der Waals surface area (Å²) in [6, 6.07) is -0.494. The highest BCUT2D eigenvalue weighted by Crippen LogP contribution is 2.39. The van der Waals surface area contributed by atoms with Gasteiger partial charge in [0.05, 0.1) is 0 Å². The number of carbonyl (C=O) groups excluding carboxylic acids is 1. The molecule has 0 aliphatic heterocycles. The maximum Gasteiger partial charge on any atom is 0.338 e. The summed E-state index contributed by atoms with van der Waals surface area (Å²) in [6.07, 6.45) is 6.64. The van der Waals surface area contributed by atoms with Gasteiger partial charge in [0, 0.05) is 11.3 Å². The highest BCUT2D eigenvalue weighted by molar-refractivity contribution is 8.00. The third kappa shape index (κ3) is 4.82. The molecule has 0 aromatic heterocycles. The summed E-state index contributed by atoms with van der Waals surface area (Å²) >= 11 is 1.77. The molecule has 1 aliphatic rings. The molecule has 6 nitrogen and oxygen atoms in total. The molecule has 0 bridgehead atoms. The lowest BCUT2D eigenvalue weighted by molar-refractivity contribution is -0.144. The van der Waals surface area contributed by atoms with Crippen molar-refractivity contribution in [3.63, 3.8) is 0 Å². The van der Waals surface area contributed by atoms with Crippen LogP contribution in [-0.4, -0.2) is 41.3 Å². The van der Waals surface area contributed by atoms with E-state index in [1.807, 2.05) is 11.7 Å². The predicted octanol–water partition coefficient (Wildman–Crippen LogP) is 0.978. The minimum Gasteiger partial charge on any atom is -0.479 e. The van der Waals surface area contributed by atoms with Crippen LogP contribution in [0.3, 0.4) is 0 Å². The van der Waals surface area contributed by atoms with Crippen molar-refractivity contribution < 1.29 is 19.5 Å². The lowest BCUT2D eigenvalue weighted by Crippen LogP contribution is -2.43. The molecule has 1 rings (SSSR count). The van der Waals surface area contributed by atoms with Gasteiger partial charge in [0.25, 0.3) is 0 Å². The van der Waals surface area contributed by atoms with E-state index in [4.69, 9.17) is 5.11 Å². The third-order valence-electron chi connectivity index (χ3n) is 2.88. The second-order valence-electron chi connectivity index (χ2n) is 4.06. The van der Waals surface area contributed by atoms with Crippen molar-refractivity contribution in [3.8, 4) is 0 Å². The largest absolute Gasteiger partial charge is 0.479 e. The van der Waals surface area contributed by atoms with Crippen molar-refractivity contribution in [2.75, 3.05) is 19.4 Å². The highest BCUT2D eigenvalue weighted by Gasteiger charge is 2.33. The number of amides is 2. The fraction of sp³-hybridized carbons (Fsp3) is 0.800. The Kier molecular flexibility index (Phi) is 5.57. The molecule has 98 valence electrons. The molecule has 3 N–H and O–H groups in total. The second kappa shape index (κ2) is 6.70. The van der Waals surface area contributed by atoms with E-state index in [1.54, 1.807) is 11.8 Å². The van der Waals surface area contributed by atoms with Gasteiger partial charge in [0.15, 0.2) is 6.61 Å². The molecule has 0 aromatic carbocycles. The summed E-state index contributed by atoms with van der Waals surface area (Å²) in [4.78, 5) is 25.9. The first-order valence-electron chi connectivity index (χ1n) is 5.50. The summed E-state index contributed by atoms with van der Waals surface area (Å²) < 4.78 is 0.129. The van der Waals surface area contributed by atoms with Gasteiger partial charge >= 0.3 is 12.0 Å². The summed E-state index contributed by atoms with van der Waals surface area (Å²) in [7, 11) is 0. The maximum absolute atomic E-state index is 11.3. The number of hydrogen-bond acceptors (Lipinski definition) is 4. The minimum absolute atomic E-state index is 0.129. The van der Waals surface area contributed by atoms with E-state index < -0.39 is 18.6 Å². The fourth-order valence-electron chi connectivity index (χ4n) is 1.91. The summed E-state index contributed by atoms with van der Waals surface area (Å²) in [6.45, 7) is 0.0392. The number of aliphatic carboxylic acids is 1. The van der Waals surface area contributed by atoms with Crippen molar-refractivity contribution in [1.82, 2.24) is 10.8 Å². The second-order valence-corrected chi connectivity index (χ2v) is 5.34. The number of rotatable bonds is 6. The number of hydrogen-bond donors (Lipinski definition) is 3. The third-order valence-corrected chi connectivity index (χ3v) is 4.30. The van der Waals surface area contributed by atoms with Gasteiger partial charge in [0.1, 0.15) is 0 Å². The van der Waals surface area contributed by atoms with Crippen LogP contribution in [0.1, 0.15) is 25.7 Å². The Labute approximate surface area is 104 Å². The molecule has 17 heavy (non-hydrogen) atoms. The molecule has 1 fully saturated rings. The Hall–Kier alpha value is -0.950. The van der Waals surface area contributed by atoms with Crippen LogP contribution in [0.15, 0.2) is 0 Å². The van der Waals surface area contributed by atoms with E-state index in [9.17, 15) is 9.59 Å². The van der Waals surface area contributed by atoms with Crippen LogP contribution in [0.25, 0.3) is 0 Å². The van der Waals surface area contributed by atoms with E-state index in [0.717, 1.165) is 12.8 Å². The SMILES string of the molecule is CSC1(CNC(=O)NOCC(=O)O)CCCC1. The Morgan fingerprint density at radius 1 is 1.41 bits per heavy atom. The number of urea groups is 1. The van der Waals surface area contributed by atoms with Crippen LogP contribution in [0.5, 0.6) is 0 Å². The molecule has 0 unspecified atom stereocenters. The molecule has 2 amide bonds. The Bertz CT molecular complexity index is 279. The van der Waals surface area contributed by atoms with Gasteiger partial charge in [-0.2, -0.15) is 11.8 Å². The Morgan fingerprint density at radius 2 is 2.06 bits per heavy atom. The van der Waals surface area contributed by atoms with E-state index in [-0.39, 0.29) is 4.75 Å². The monoisotopic (exact) mass is 262 g/mol. The van der Waals surface area contributed by atoms with Gasteiger partial charge in [-0.25, -0.2) is 15.1 Å². The van der Waals surface area contributed by atoms with Crippen LogP contribution < -0.4 is 10.8 Å². The summed E-state index contributed by atoms with van der Waals surface area (Å²) in [5.74, 6) is -1.12. The standard InChI is InChI=1S/C10H18N2O4S/c1-17-10(4-2-3-5-10)7-11-9(15)12-16-6-8(13)14/h2-7H2,1H3,(H,13,14)(H2,11,12,15). The Balaban J connectivity index is 2.20. The lowest BCUT2D eigenvalue weighted by Gasteiger charge is -2.26. The van der Waals surface area contributed by atoms with E-state index in [1.165, 1.54) is 12.8 Å². The van der Waals surface area contributed by atoms with Gasteiger partial charge in [-0.15, -0.1) is 0 Å². The molecule has 0 spiro atoms. The first kappa shape index (κ1) is 14.1. The molecular formula is C10H18N2O4S. The van der Waals surface area contributed by atoms with Crippen molar-refractivity contribution in [2.24, 2.45) is 0 Å². The topological polar surface area (TPSA) is 87.7 Å². The molecule has 0 heterocycles. The average Bonchev–Trinajstić information content (AvgIpc) is 2.75. The number of hydroxylamine groups is 1. The molecule has 0 aromatic rings. The molecule has 1 saturated carbocycles. The minimum atomic E-state index is -1.12. The number of carbonyl (C=O) groups is 2. The van der Waals surface area contributed by atoms with Gasteiger partial charge in [-0.05, 0) is 19.1 Å². The predicted molar refractivity (Wildman–Crippen MR) is 64.8 cm³/mol. The number of nitrogens with one attached hydrogen (secondary N) is 2. The number of thioether (sulfide) groups is 1. The van der Waals surface area contributed by atoms with Crippen molar-refractivity contribution in [3.05, 3.63) is 0 Å². The van der Waals surface area contributed by atoms with Crippen molar-refractivity contribution >= 4 is 23.8 Å². The van der Waals surface area contributed by atoms with E-state index >= 15 is 0 Å². The molecule has 1 aliphatic carbocycles. The molecular weight excluding hydrogens is 244 g/mol. The van der Waals surface area contributed by atoms with Crippen molar-refractivity contribution in [1.29, 1.82) is 0 Å². The summed E-state index contributed by atoms with van der Waals surface area (Å²) in [5.41, 5.74) is 2.04. The van der Waals surface area contributed by atoms with Gasteiger partial charge in [-0.3, -0.25) is 4.84 Å². The number of carboxylic acid groups (broad SMARTS) is 1. The first-order valence-corrected chi connectivity index (χ1v) is 6.73. The van der Waals surface area contributed by atoms with Crippen LogP contribution in [0, 0.1) is 0 Å². The Morgan fingerprint density at radius 3 is 2.59 bits per heavy atom. The van der Waals surface area contributed by atoms with Gasteiger partial charge in [0.2, 0.25) is 0 Å². The normalized spacial score (nSPS) is 17.7. The molecule has 0 radical (unpaired) electrons. The quantitative estimate of drug-likeness (QED) is 0.621. The van der Waals surface area contributed by atoms with Crippen LogP contribution >= 0.6 is 11.8 Å². The highest BCUT2D eigenvalue weighted by atomic mass is 32.2. The van der Waals surface area contributed by atoms with Crippen LogP contribution in [-0.2, 0) is 9.63 Å². The van der Waals surface area contributed by atoms with Crippen molar-refractivity contribution in [2.45, 2.75) is 30.4 Å². The van der Waals surface area contributed by atoms with Gasteiger partial charge < -0.3 is 10.4 Å². The number of carboxylic acids is 1. The molecule has 0 atom stereocenters. The first-order chi connectivity index (χ1) is 8.08. The smallest absolute Gasteiger partial charge is 0.338 e.